The van der Waals surface area contributed by atoms with Gasteiger partial charge in [-0.05, 0) is 37.6 Å². The molecule has 19 heavy (non-hydrogen) atoms. The van der Waals surface area contributed by atoms with Gasteiger partial charge in [0.1, 0.15) is 11.7 Å². The fourth-order valence-electron chi connectivity index (χ4n) is 2.03. The second kappa shape index (κ2) is 5.52. The zero-order valence-corrected chi connectivity index (χ0v) is 11.2. The molecule has 3 N–H and O–H groups in total. The van der Waals surface area contributed by atoms with Crippen LogP contribution in [0.15, 0.2) is 42.6 Å². The monoisotopic (exact) mass is 254 g/mol. The maximum absolute atomic E-state index is 7.38. The summed E-state index contributed by atoms with van der Waals surface area (Å²) in [4.78, 5) is 6.53. The minimum Gasteiger partial charge on any atom is -0.384 e. The van der Waals surface area contributed by atoms with Crippen LogP contribution < -0.4 is 10.6 Å². The molecule has 0 aliphatic carbocycles. The lowest BCUT2D eigenvalue weighted by atomic mass is 10.1. The molecule has 1 aromatic heterocycles. The van der Waals surface area contributed by atoms with Gasteiger partial charge in [0.05, 0.1) is 0 Å². The Hall–Kier alpha value is -2.36. The second-order valence-corrected chi connectivity index (χ2v) is 4.35. The van der Waals surface area contributed by atoms with E-state index in [0.717, 1.165) is 18.1 Å². The third-order valence-electron chi connectivity index (χ3n) is 3.06. The summed E-state index contributed by atoms with van der Waals surface area (Å²) in [5.41, 5.74) is 8.44. The third kappa shape index (κ3) is 2.73. The summed E-state index contributed by atoms with van der Waals surface area (Å²) in [6, 6.07) is 11.9. The predicted molar refractivity (Wildman–Crippen MR) is 79.1 cm³/mol. The molecule has 0 saturated heterocycles. The molecule has 0 aliphatic heterocycles. The van der Waals surface area contributed by atoms with E-state index < -0.39 is 0 Å². The van der Waals surface area contributed by atoms with E-state index in [1.54, 1.807) is 6.20 Å². The van der Waals surface area contributed by atoms with Crippen LogP contribution >= 0.6 is 0 Å². The molecule has 4 heteroatoms. The van der Waals surface area contributed by atoms with Gasteiger partial charge in [-0.2, -0.15) is 0 Å². The van der Waals surface area contributed by atoms with Gasteiger partial charge in [0.25, 0.3) is 0 Å². The molecule has 0 amide bonds. The molecule has 2 aromatic rings. The van der Waals surface area contributed by atoms with Crippen molar-refractivity contribution >= 4 is 17.3 Å². The van der Waals surface area contributed by atoms with Crippen LogP contribution in [0.25, 0.3) is 0 Å². The first kappa shape index (κ1) is 13.1. The van der Waals surface area contributed by atoms with Crippen LogP contribution in [0.1, 0.15) is 18.1 Å². The molecule has 2 rings (SSSR count). The number of pyridine rings is 1. The Kier molecular flexibility index (Phi) is 3.80. The van der Waals surface area contributed by atoms with Crippen molar-refractivity contribution in [1.82, 2.24) is 4.98 Å². The Balaban J connectivity index is 2.37. The van der Waals surface area contributed by atoms with Gasteiger partial charge in [-0.3, -0.25) is 5.41 Å². The van der Waals surface area contributed by atoms with Crippen molar-refractivity contribution in [2.24, 2.45) is 5.73 Å². The van der Waals surface area contributed by atoms with E-state index in [4.69, 9.17) is 11.1 Å². The maximum Gasteiger partial charge on any atom is 0.132 e. The van der Waals surface area contributed by atoms with Gasteiger partial charge in [0.2, 0.25) is 0 Å². The summed E-state index contributed by atoms with van der Waals surface area (Å²) in [7, 11) is 0. The third-order valence-corrected chi connectivity index (χ3v) is 3.06. The van der Waals surface area contributed by atoms with E-state index in [9.17, 15) is 0 Å². The van der Waals surface area contributed by atoms with Gasteiger partial charge < -0.3 is 10.6 Å². The topological polar surface area (TPSA) is 66.0 Å². The first-order chi connectivity index (χ1) is 9.13. The van der Waals surface area contributed by atoms with Crippen LogP contribution in [0.3, 0.4) is 0 Å². The number of rotatable bonds is 4. The molecule has 98 valence electrons. The van der Waals surface area contributed by atoms with Crippen molar-refractivity contribution < 1.29 is 0 Å². The van der Waals surface area contributed by atoms with Gasteiger partial charge in [0.15, 0.2) is 0 Å². The number of hydrogen-bond donors (Lipinski definition) is 2. The van der Waals surface area contributed by atoms with Gasteiger partial charge in [0, 0.05) is 24.0 Å². The highest BCUT2D eigenvalue weighted by Crippen LogP contribution is 2.26. The van der Waals surface area contributed by atoms with Crippen molar-refractivity contribution in [3.8, 4) is 0 Å². The zero-order chi connectivity index (χ0) is 13.8. The van der Waals surface area contributed by atoms with Crippen molar-refractivity contribution in [2.75, 3.05) is 11.4 Å². The minimum absolute atomic E-state index is 0.0398. The van der Waals surface area contributed by atoms with Gasteiger partial charge >= 0.3 is 0 Å². The predicted octanol–water partition coefficient (Wildman–Crippen LogP) is 2.83. The highest BCUT2D eigenvalue weighted by atomic mass is 15.2. The standard InChI is InChI=1S/C15H18N4/c1-3-19(13-7-5-4-6-11(13)2)14-9-8-12(10-18-14)15(16)17/h4-10H,3H2,1-2H3,(H3,16,17). The van der Waals surface area contributed by atoms with E-state index >= 15 is 0 Å². The molecule has 0 bridgehead atoms. The van der Waals surface area contributed by atoms with E-state index in [2.05, 4.69) is 35.9 Å². The maximum atomic E-state index is 7.38. The van der Waals surface area contributed by atoms with Crippen molar-refractivity contribution in [3.05, 3.63) is 53.7 Å². The van der Waals surface area contributed by atoms with Crippen LogP contribution in [-0.2, 0) is 0 Å². The highest BCUT2D eigenvalue weighted by Gasteiger charge is 2.10. The van der Waals surface area contributed by atoms with Crippen molar-refractivity contribution in [1.29, 1.82) is 5.41 Å². The summed E-state index contributed by atoms with van der Waals surface area (Å²) < 4.78 is 0. The fraction of sp³-hybridized carbons (Fsp3) is 0.200. The van der Waals surface area contributed by atoms with Crippen molar-refractivity contribution in [2.45, 2.75) is 13.8 Å². The Morgan fingerprint density at radius 1 is 1.26 bits per heavy atom. The van der Waals surface area contributed by atoms with Crippen molar-refractivity contribution in [3.63, 3.8) is 0 Å². The Bertz CT molecular complexity index is 575. The van der Waals surface area contributed by atoms with Crippen LogP contribution in [-0.4, -0.2) is 17.4 Å². The number of aromatic nitrogens is 1. The Morgan fingerprint density at radius 3 is 2.53 bits per heavy atom. The average Bonchev–Trinajstić information content (AvgIpc) is 2.42. The lowest BCUT2D eigenvalue weighted by molar-refractivity contribution is 0.982. The summed E-state index contributed by atoms with van der Waals surface area (Å²) in [6.07, 6.45) is 1.64. The number of amidine groups is 1. The lowest BCUT2D eigenvalue weighted by Crippen LogP contribution is -2.19. The Labute approximate surface area is 113 Å². The first-order valence-electron chi connectivity index (χ1n) is 6.27. The summed E-state index contributed by atoms with van der Waals surface area (Å²) in [6.45, 7) is 5.01. The second-order valence-electron chi connectivity index (χ2n) is 4.35. The molecule has 4 nitrogen and oxygen atoms in total. The highest BCUT2D eigenvalue weighted by molar-refractivity contribution is 5.94. The number of nitrogens with one attached hydrogen (secondary N) is 1. The summed E-state index contributed by atoms with van der Waals surface area (Å²) in [5.74, 6) is 0.903. The van der Waals surface area contributed by atoms with E-state index in [-0.39, 0.29) is 5.84 Å². The Morgan fingerprint density at radius 2 is 2.00 bits per heavy atom. The molecule has 0 atom stereocenters. The van der Waals surface area contributed by atoms with E-state index in [1.807, 2.05) is 24.3 Å². The molecule has 0 aliphatic rings. The van der Waals surface area contributed by atoms with Gasteiger partial charge in [-0.25, -0.2) is 4.98 Å². The average molecular weight is 254 g/mol. The number of aryl methyl sites for hydroxylation is 1. The van der Waals surface area contributed by atoms with Crippen LogP contribution in [0.2, 0.25) is 0 Å². The molecule has 0 fully saturated rings. The normalized spacial score (nSPS) is 10.2. The molecule has 0 saturated carbocycles. The lowest BCUT2D eigenvalue weighted by Gasteiger charge is -2.24. The van der Waals surface area contributed by atoms with Crippen LogP contribution in [0.4, 0.5) is 11.5 Å². The number of para-hydroxylation sites is 1. The quantitative estimate of drug-likeness (QED) is 0.651. The smallest absolute Gasteiger partial charge is 0.132 e. The SMILES string of the molecule is CCN(c1ccc(C(=N)N)cn1)c1ccccc1C. The number of nitrogens with two attached hydrogens (primary N) is 1. The number of anilines is 2. The first-order valence-corrected chi connectivity index (χ1v) is 6.27. The molecule has 0 spiro atoms. The number of nitrogens with zero attached hydrogens (tertiary/aromatic N) is 2. The summed E-state index contributed by atoms with van der Waals surface area (Å²) >= 11 is 0. The molecule has 1 aromatic carbocycles. The summed E-state index contributed by atoms with van der Waals surface area (Å²) in [5, 5.41) is 7.38. The van der Waals surface area contributed by atoms with E-state index in [0.29, 0.717) is 5.56 Å². The number of benzene rings is 1. The fourth-order valence-corrected chi connectivity index (χ4v) is 2.03. The van der Waals surface area contributed by atoms with E-state index in [1.165, 1.54) is 5.56 Å². The molecule has 1 heterocycles. The van der Waals surface area contributed by atoms with Crippen LogP contribution in [0, 0.1) is 12.3 Å². The zero-order valence-electron chi connectivity index (χ0n) is 11.2. The van der Waals surface area contributed by atoms with Gasteiger partial charge in [-0.1, -0.05) is 18.2 Å². The minimum atomic E-state index is 0.0398. The molecule has 0 radical (unpaired) electrons. The molecule has 0 unspecified atom stereocenters. The largest absolute Gasteiger partial charge is 0.384 e. The van der Waals surface area contributed by atoms with Gasteiger partial charge in [-0.15, -0.1) is 0 Å². The molecular formula is C15H18N4. The number of hydrogen-bond acceptors (Lipinski definition) is 3. The molecular weight excluding hydrogens is 236 g/mol. The number of nitrogen functional groups attached to an aromatic ring is 1. The van der Waals surface area contributed by atoms with Crippen LogP contribution in [0.5, 0.6) is 0 Å².